The number of ether oxygens (including phenoxy) is 1. The van der Waals surface area contributed by atoms with Gasteiger partial charge in [0, 0.05) is 13.2 Å². The Morgan fingerprint density at radius 3 is 2.18 bits per heavy atom. The Labute approximate surface area is 204 Å². The number of fused-ring (bicyclic) bond motifs is 5. The van der Waals surface area contributed by atoms with Crippen molar-refractivity contribution in [2.24, 2.45) is 0 Å². The fraction of sp³-hybridized carbons (Fsp3) is 0.419. The van der Waals surface area contributed by atoms with Crippen molar-refractivity contribution in [1.82, 2.24) is 0 Å². The molecule has 34 heavy (non-hydrogen) atoms. The molecule has 1 aliphatic rings. The minimum Gasteiger partial charge on any atom is -0.467 e. The van der Waals surface area contributed by atoms with Crippen LogP contribution >= 0.6 is 0 Å². The van der Waals surface area contributed by atoms with Crippen LogP contribution in [0.4, 0.5) is 0 Å². The molecular weight excluding hydrogens is 420 g/mol. The quantitative estimate of drug-likeness (QED) is 0.223. The Bertz CT molecular complexity index is 1090. The lowest BCUT2D eigenvalue weighted by molar-refractivity contribution is 0.128. The van der Waals surface area contributed by atoms with E-state index in [2.05, 4.69) is 62.4 Å². The summed E-state index contributed by atoms with van der Waals surface area (Å²) < 4.78 is 10.0. The molecule has 0 atom stereocenters. The van der Waals surface area contributed by atoms with E-state index in [1.54, 1.807) is 23.3 Å². The van der Waals surface area contributed by atoms with Gasteiger partial charge < -0.3 is 14.3 Å². The first kappa shape index (κ1) is 26.0. The van der Waals surface area contributed by atoms with Crippen LogP contribution in [0, 0.1) is 0 Å². The van der Waals surface area contributed by atoms with Gasteiger partial charge in [0.05, 0.1) is 6.26 Å². The molecule has 0 amide bonds. The largest absolute Gasteiger partial charge is 0.467 e. The molecular formula is C31H40O3. The van der Waals surface area contributed by atoms with Crippen molar-refractivity contribution in [2.45, 2.75) is 71.8 Å². The van der Waals surface area contributed by atoms with E-state index in [4.69, 9.17) is 14.3 Å². The van der Waals surface area contributed by atoms with E-state index in [0.29, 0.717) is 5.76 Å². The molecule has 0 radical (unpaired) electrons. The van der Waals surface area contributed by atoms with Crippen molar-refractivity contribution in [1.29, 1.82) is 0 Å². The SMILES string of the molecule is CCCCOCCCC.OCc1ccco1.c1ccc2c(c1)ccc1c3c(ccc12)CCCC3. The van der Waals surface area contributed by atoms with Crippen molar-refractivity contribution >= 4 is 21.5 Å². The van der Waals surface area contributed by atoms with Crippen LogP contribution in [-0.4, -0.2) is 18.3 Å². The Hall–Kier alpha value is -2.62. The number of furan rings is 1. The number of benzene rings is 3. The van der Waals surface area contributed by atoms with E-state index >= 15 is 0 Å². The number of aliphatic hydroxyl groups excluding tert-OH is 1. The standard InChI is InChI=1S/C18H16.C8H18O.C5H6O2/c1-3-7-15-13(5-1)9-11-18-16-8-4-2-6-14(16)10-12-17(15)18;1-3-5-7-9-8-6-4-2;6-4-5-2-1-3-7-5/h1,3,5,7,9-12H,2,4,6,8H2;3-8H2,1-2H3;1-3,6H,4H2. The van der Waals surface area contributed by atoms with Crippen LogP contribution in [0.1, 0.15) is 69.3 Å². The summed E-state index contributed by atoms with van der Waals surface area (Å²) in [6, 6.07) is 21.4. The molecule has 0 spiro atoms. The Balaban J connectivity index is 0.000000170. The molecule has 1 heterocycles. The van der Waals surface area contributed by atoms with Gasteiger partial charge in [-0.2, -0.15) is 0 Å². The van der Waals surface area contributed by atoms with E-state index in [0.717, 1.165) is 13.2 Å². The molecule has 1 aliphatic carbocycles. The maximum atomic E-state index is 8.33. The summed E-state index contributed by atoms with van der Waals surface area (Å²) in [7, 11) is 0. The second kappa shape index (κ2) is 14.6. The summed E-state index contributed by atoms with van der Waals surface area (Å²) in [5.41, 5.74) is 3.17. The van der Waals surface area contributed by atoms with Crippen molar-refractivity contribution < 1.29 is 14.3 Å². The topological polar surface area (TPSA) is 42.6 Å². The molecule has 5 rings (SSSR count). The summed E-state index contributed by atoms with van der Waals surface area (Å²) in [6.07, 6.45) is 11.7. The molecule has 0 aliphatic heterocycles. The lowest BCUT2D eigenvalue weighted by Gasteiger charge is -2.18. The lowest BCUT2D eigenvalue weighted by Crippen LogP contribution is -2.02. The summed E-state index contributed by atoms with van der Waals surface area (Å²) in [4.78, 5) is 0. The van der Waals surface area contributed by atoms with Gasteiger partial charge in [0.25, 0.3) is 0 Å². The second-order valence-electron chi connectivity index (χ2n) is 8.85. The highest BCUT2D eigenvalue weighted by Gasteiger charge is 2.13. The lowest BCUT2D eigenvalue weighted by atomic mass is 9.86. The summed E-state index contributed by atoms with van der Waals surface area (Å²) in [5, 5.41) is 14.0. The van der Waals surface area contributed by atoms with Crippen LogP contribution in [0.3, 0.4) is 0 Å². The Morgan fingerprint density at radius 1 is 0.765 bits per heavy atom. The predicted molar refractivity (Wildman–Crippen MR) is 143 cm³/mol. The number of rotatable bonds is 7. The monoisotopic (exact) mass is 460 g/mol. The molecule has 3 aromatic carbocycles. The molecule has 0 bridgehead atoms. The first-order valence-electron chi connectivity index (χ1n) is 12.9. The highest BCUT2D eigenvalue weighted by Crippen LogP contribution is 2.33. The van der Waals surface area contributed by atoms with Gasteiger partial charge in [-0.05, 0) is 83.3 Å². The van der Waals surface area contributed by atoms with E-state index < -0.39 is 0 Å². The van der Waals surface area contributed by atoms with E-state index in [9.17, 15) is 0 Å². The molecule has 1 N–H and O–H groups in total. The van der Waals surface area contributed by atoms with Crippen molar-refractivity contribution in [3.8, 4) is 0 Å². The van der Waals surface area contributed by atoms with E-state index in [1.165, 1.54) is 79.2 Å². The number of aryl methyl sites for hydroxylation is 2. The normalized spacial score (nSPS) is 12.4. The van der Waals surface area contributed by atoms with Gasteiger partial charge in [-0.15, -0.1) is 0 Å². The number of hydrogen-bond donors (Lipinski definition) is 1. The fourth-order valence-electron chi connectivity index (χ4n) is 4.34. The van der Waals surface area contributed by atoms with Gasteiger partial charge in [0.1, 0.15) is 12.4 Å². The molecule has 0 fully saturated rings. The van der Waals surface area contributed by atoms with Gasteiger partial charge in [0.15, 0.2) is 0 Å². The first-order valence-corrected chi connectivity index (χ1v) is 12.9. The minimum atomic E-state index is -0.00694. The van der Waals surface area contributed by atoms with E-state index in [1.807, 2.05) is 0 Å². The molecule has 1 aromatic heterocycles. The Kier molecular flexibility index (Phi) is 11.2. The van der Waals surface area contributed by atoms with Gasteiger partial charge in [0.2, 0.25) is 0 Å². The van der Waals surface area contributed by atoms with Crippen LogP contribution in [0.15, 0.2) is 71.3 Å². The van der Waals surface area contributed by atoms with Crippen LogP contribution in [0.25, 0.3) is 21.5 Å². The Morgan fingerprint density at radius 2 is 1.50 bits per heavy atom. The maximum Gasteiger partial charge on any atom is 0.129 e. The molecule has 0 unspecified atom stereocenters. The zero-order valence-corrected chi connectivity index (χ0v) is 20.9. The van der Waals surface area contributed by atoms with Crippen molar-refractivity contribution in [3.05, 3.63) is 83.8 Å². The molecule has 0 saturated carbocycles. The van der Waals surface area contributed by atoms with Crippen molar-refractivity contribution in [3.63, 3.8) is 0 Å². The molecule has 3 nitrogen and oxygen atoms in total. The number of unbranched alkanes of at least 4 members (excludes halogenated alkanes) is 2. The highest BCUT2D eigenvalue weighted by molar-refractivity contribution is 6.08. The van der Waals surface area contributed by atoms with Crippen LogP contribution < -0.4 is 0 Å². The summed E-state index contributed by atoms with van der Waals surface area (Å²) in [5.74, 6) is 0.611. The first-order chi connectivity index (χ1) is 16.8. The van der Waals surface area contributed by atoms with E-state index in [-0.39, 0.29) is 6.61 Å². The summed E-state index contributed by atoms with van der Waals surface area (Å²) in [6.45, 7) is 6.27. The number of aliphatic hydroxyl groups is 1. The predicted octanol–water partition coefficient (Wildman–Crippen LogP) is 8.25. The highest BCUT2D eigenvalue weighted by atomic mass is 16.5. The molecule has 0 saturated heterocycles. The van der Waals surface area contributed by atoms with Gasteiger partial charge in [-0.25, -0.2) is 0 Å². The van der Waals surface area contributed by atoms with Crippen LogP contribution in [0.2, 0.25) is 0 Å². The van der Waals surface area contributed by atoms with Crippen LogP contribution in [-0.2, 0) is 24.2 Å². The van der Waals surface area contributed by atoms with Gasteiger partial charge in [-0.3, -0.25) is 0 Å². The average Bonchev–Trinajstić information content (AvgIpc) is 3.43. The van der Waals surface area contributed by atoms with Gasteiger partial charge >= 0.3 is 0 Å². The molecule has 3 heteroatoms. The molecule has 182 valence electrons. The average molecular weight is 461 g/mol. The van der Waals surface area contributed by atoms with Crippen LogP contribution in [0.5, 0.6) is 0 Å². The zero-order valence-electron chi connectivity index (χ0n) is 20.9. The third kappa shape index (κ3) is 7.44. The maximum absolute atomic E-state index is 8.33. The minimum absolute atomic E-state index is 0.00694. The third-order valence-corrected chi connectivity index (χ3v) is 6.28. The zero-order chi connectivity index (χ0) is 24.0. The second-order valence-corrected chi connectivity index (χ2v) is 8.85. The fourth-order valence-corrected chi connectivity index (χ4v) is 4.34. The number of hydrogen-bond acceptors (Lipinski definition) is 3. The van der Waals surface area contributed by atoms with Gasteiger partial charge in [-0.1, -0.05) is 75.2 Å². The smallest absolute Gasteiger partial charge is 0.129 e. The third-order valence-electron chi connectivity index (χ3n) is 6.28. The van der Waals surface area contributed by atoms with Crippen molar-refractivity contribution in [2.75, 3.05) is 13.2 Å². The summed E-state index contributed by atoms with van der Waals surface area (Å²) >= 11 is 0. The molecule has 4 aromatic rings.